The lowest BCUT2D eigenvalue weighted by Crippen LogP contribution is -2.17. The number of aliphatic carboxylic acids is 1. The van der Waals surface area contributed by atoms with Crippen LogP contribution in [0.1, 0.15) is 45.4 Å². The first-order valence-electron chi connectivity index (χ1n) is 5.18. The van der Waals surface area contributed by atoms with E-state index in [0.29, 0.717) is 12.1 Å². The highest BCUT2D eigenvalue weighted by Gasteiger charge is 2.16. The number of carbonyl (C=O) groups is 1. The number of nitrogens with zero attached hydrogens (tertiary/aromatic N) is 1. The van der Waals surface area contributed by atoms with Crippen LogP contribution in [0.25, 0.3) is 0 Å². The first-order valence-corrected chi connectivity index (χ1v) is 6.10. The fourth-order valence-corrected chi connectivity index (χ4v) is 1.62. The van der Waals surface area contributed by atoms with Gasteiger partial charge in [0.2, 0.25) is 0 Å². The molecular weight excluding hydrogens is 262 g/mol. The molecule has 0 aliphatic carbocycles. The fraction of sp³-hybridized carbons (Fsp3) is 0.800. The Balaban J connectivity index is 3.79. The van der Waals surface area contributed by atoms with Gasteiger partial charge in [-0.1, -0.05) is 47.3 Å². The molecule has 0 aromatic rings. The van der Waals surface area contributed by atoms with Crippen LogP contribution in [0.15, 0.2) is 5.16 Å². The monoisotopic (exact) mass is 279 g/mol. The number of rotatable bonds is 8. The van der Waals surface area contributed by atoms with Crippen molar-refractivity contribution in [3.63, 3.8) is 0 Å². The van der Waals surface area contributed by atoms with Crippen molar-refractivity contribution in [1.29, 1.82) is 0 Å². The summed E-state index contributed by atoms with van der Waals surface area (Å²) in [7, 11) is 0. The van der Waals surface area contributed by atoms with Crippen molar-refractivity contribution < 1.29 is 15.1 Å². The summed E-state index contributed by atoms with van der Waals surface area (Å²) in [4.78, 5) is 9.89. The van der Waals surface area contributed by atoms with Crippen LogP contribution in [0, 0.1) is 0 Å². The lowest BCUT2D eigenvalue weighted by atomic mass is 10.1. The Labute approximate surface area is 98.5 Å². The predicted molar refractivity (Wildman–Crippen MR) is 62.9 cm³/mol. The summed E-state index contributed by atoms with van der Waals surface area (Å²) in [5.74, 6) is -0.926. The third-order valence-electron chi connectivity index (χ3n) is 2.14. The quantitative estimate of drug-likeness (QED) is 0.236. The van der Waals surface area contributed by atoms with Crippen LogP contribution < -0.4 is 0 Å². The molecule has 0 amide bonds. The molecule has 0 aliphatic rings. The molecule has 4 nitrogen and oxygen atoms in total. The smallest absolute Gasteiger partial charge is 0.317 e. The number of halogens is 1. The molecule has 0 rings (SSSR count). The second-order valence-corrected chi connectivity index (χ2v) is 4.59. The number of alkyl halides is 1. The minimum atomic E-state index is -0.926. The number of oxime groups is 1. The molecule has 5 heteroatoms. The van der Waals surface area contributed by atoms with Gasteiger partial charge in [-0.3, -0.25) is 4.79 Å². The standard InChI is InChI=1S/C10H18BrNO3/c1-2-3-4-5-6-8(12-15)7-9(11)10(13)14/h9,15H,2-7H2,1H3,(H,13,14). The Kier molecular flexibility index (Phi) is 8.37. The molecule has 0 saturated heterocycles. The molecule has 1 unspecified atom stereocenters. The Morgan fingerprint density at radius 2 is 2.07 bits per heavy atom. The molecule has 0 fully saturated rings. The van der Waals surface area contributed by atoms with Crippen molar-refractivity contribution in [1.82, 2.24) is 0 Å². The van der Waals surface area contributed by atoms with Crippen LogP contribution in [0.4, 0.5) is 0 Å². The van der Waals surface area contributed by atoms with Crippen molar-refractivity contribution in [2.24, 2.45) is 5.16 Å². The number of unbranched alkanes of at least 4 members (excludes halogenated alkanes) is 3. The van der Waals surface area contributed by atoms with Gasteiger partial charge < -0.3 is 10.3 Å². The van der Waals surface area contributed by atoms with Crippen LogP contribution >= 0.6 is 15.9 Å². The first kappa shape index (κ1) is 14.4. The zero-order valence-electron chi connectivity index (χ0n) is 8.95. The minimum Gasteiger partial charge on any atom is -0.480 e. The maximum atomic E-state index is 10.5. The molecule has 0 saturated carbocycles. The van der Waals surface area contributed by atoms with Crippen LogP contribution in [-0.4, -0.2) is 26.8 Å². The molecule has 15 heavy (non-hydrogen) atoms. The summed E-state index contributed by atoms with van der Waals surface area (Å²) in [5, 5.41) is 20.5. The van der Waals surface area contributed by atoms with E-state index in [1.165, 1.54) is 0 Å². The van der Waals surface area contributed by atoms with Gasteiger partial charge in [0, 0.05) is 6.42 Å². The Morgan fingerprint density at radius 1 is 1.40 bits per heavy atom. The molecule has 0 bridgehead atoms. The average molecular weight is 280 g/mol. The minimum absolute atomic E-state index is 0.262. The average Bonchev–Trinajstić information content (AvgIpc) is 2.22. The lowest BCUT2D eigenvalue weighted by molar-refractivity contribution is -0.136. The van der Waals surface area contributed by atoms with Gasteiger partial charge in [-0.15, -0.1) is 0 Å². The second kappa shape index (κ2) is 8.71. The molecule has 0 aliphatic heterocycles. The molecule has 1 atom stereocenters. The zero-order chi connectivity index (χ0) is 11.7. The van der Waals surface area contributed by atoms with Crippen molar-refractivity contribution >= 4 is 27.6 Å². The van der Waals surface area contributed by atoms with Crippen LogP contribution in [0.3, 0.4) is 0 Å². The Morgan fingerprint density at radius 3 is 2.53 bits per heavy atom. The molecule has 88 valence electrons. The van der Waals surface area contributed by atoms with Crippen molar-refractivity contribution in [2.45, 2.75) is 50.3 Å². The van der Waals surface area contributed by atoms with Gasteiger partial charge in [0.1, 0.15) is 4.83 Å². The molecule has 0 radical (unpaired) electrons. The summed E-state index contributed by atoms with van der Waals surface area (Å²) in [6.45, 7) is 2.12. The van der Waals surface area contributed by atoms with Gasteiger partial charge in [0.05, 0.1) is 5.71 Å². The number of hydrogen-bond donors (Lipinski definition) is 2. The largest absolute Gasteiger partial charge is 0.480 e. The Hall–Kier alpha value is -0.580. The van der Waals surface area contributed by atoms with E-state index in [-0.39, 0.29) is 6.42 Å². The van der Waals surface area contributed by atoms with Crippen molar-refractivity contribution in [2.75, 3.05) is 0 Å². The first-order chi connectivity index (χ1) is 7.11. The highest BCUT2D eigenvalue weighted by atomic mass is 79.9. The van der Waals surface area contributed by atoms with Gasteiger partial charge >= 0.3 is 5.97 Å². The number of carboxylic acid groups (broad SMARTS) is 1. The van der Waals surface area contributed by atoms with E-state index >= 15 is 0 Å². The molecule has 0 heterocycles. The van der Waals surface area contributed by atoms with Gasteiger partial charge in [0.15, 0.2) is 0 Å². The number of carboxylic acids is 1. The maximum absolute atomic E-state index is 10.5. The van der Waals surface area contributed by atoms with E-state index in [4.69, 9.17) is 10.3 Å². The highest BCUT2D eigenvalue weighted by molar-refractivity contribution is 9.10. The molecular formula is C10H18BrNO3. The van der Waals surface area contributed by atoms with Crippen LogP contribution in [0.5, 0.6) is 0 Å². The zero-order valence-corrected chi connectivity index (χ0v) is 10.5. The lowest BCUT2D eigenvalue weighted by Gasteiger charge is -2.06. The third-order valence-corrected chi connectivity index (χ3v) is 2.86. The SMILES string of the molecule is CCCCCCC(CC(Br)C(=O)O)=NO. The number of hydrogen-bond acceptors (Lipinski definition) is 3. The van der Waals surface area contributed by atoms with Crippen molar-refractivity contribution in [3.8, 4) is 0 Å². The summed E-state index contributed by atoms with van der Waals surface area (Å²) in [5.41, 5.74) is 0.551. The van der Waals surface area contributed by atoms with E-state index in [9.17, 15) is 4.79 Å². The van der Waals surface area contributed by atoms with Crippen molar-refractivity contribution in [3.05, 3.63) is 0 Å². The predicted octanol–water partition coefficient (Wildman–Crippen LogP) is 3.03. The van der Waals surface area contributed by atoms with E-state index in [1.54, 1.807) is 0 Å². The highest BCUT2D eigenvalue weighted by Crippen LogP contribution is 2.11. The van der Waals surface area contributed by atoms with Gasteiger partial charge in [-0.2, -0.15) is 0 Å². The maximum Gasteiger partial charge on any atom is 0.317 e. The summed E-state index contributed by atoms with van der Waals surface area (Å²) < 4.78 is 0. The molecule has 2 N–H and O–H groups in total. The summed E-state index contributed by atoms with van der Waals surface area (Å²) in [6, 6.07) is 0. The van der Waals surface area contributed by atoms with Gasteiger partial charge in [0.25, 0.3) is 0 Å². The van der Waals surface area contributed by atoms with Crippen LogP contribution in [-0.2, 0) is 4.79 Å². The summed E-state index contributed by atoms with van der Waals surface area (Å²) >= 11 is 3.01. The van der Waals surface area contributed by atoms with Gasteiger partial charge in [-0.05, 0) is 12.8 Å². The molecule has 0 aromatic carbocycles. The van der Waals surface area contributed by atoms with E-state index < -0.39 is 10.8 Å². The molecule has 0 spiro atoms. The topological polar surface area (TPSA) is 69.9 Å². The van der Waals surface area contributed by atoms with E-state index in [1.807, 2.05) is 0 Å². The molecule has 0 aromatic heterocycles. The summed E-state index contributed by atoms with van der Waals surface area (Å²) in [6.07, 6.45) is 5.29. The third kappa shape index (κ3) is 7.36. The normalized spacial score (nSPS) is 13.9. The van der Waals surface area contributed by atoms with Crippen LogP contribution in [0.2, 0.25) is 0 Å². The van der Waals surface area contributed by atoms with E-state index in [2.05, 4.69) is 28.0 Å². The van der Waals surface area contributed by atoms with Gasteiger partial charge in [-0.25, -0.2) is 0 Å². The second-order valence-electron chi connectivity index (χ2n) is 3.49. The fourth-order valence-electron chi connectivity index (χ4n) is 1.24. The van der Waals surface area contributed by atoms with E-state index in [0.717, 1.165) is 25.7 Å². The Bertz CT molecular complexity index is 219.